The molecule has 0 bridgehead atoms. The van der Waals surface area contributed by atoms with Gasteiger partial charge in [0.2, 0.25) is 0 Å². The van der Waals surface area contributed by atoms with Gasteiger partial charge >= 0.3 is 0 Å². The molecule has 0 saturated carbocycles. The van der Waals surface area contributed by atoms with Gasteiger partial charge in [0.05, 0.1) is 0 Å². The van der Waals surface area contributed by atoms with E-state index in [4.69, 9.17) is 0 Å². The predicted octanol–water partition coefficient (Wildman–Crippen LogP) is 14.0. The van der Waals surface area contributed by atoms with E-state index in [-0.39, 0.29) is 0 Å². The molecule has 0 atom stereocenters. The van der Waals surface area contributed by atoms with Crippen molar-refractivity contribution in [1.29, 1.82) is 0 Å². The van der Waals surface area contributed by atoms with Crippen molar-refractivity contribution in [3.63, 3.8) is 0 Å². The van der Waals surface area contributed by atoms with Gasteiger partial charge in [-0.15, -0.1) is 23.1 Å². The SMILES string of the molecule is CC.CC/C=C\C/C=C(\C)N(c1ccccc1)c1cccc(-c2ccc(C3=CC=CCS3)s2)c1.CN(C1=CC=CC=CC1)c1ccccc1. The summed E-state index contributed by atoms with van der Waals surface area (Å²) in [6.45, 7) is 8.37. The molecule has 4 aromatic rings. The molecule has 2 aliphatic rings. The molecule has 3 aromatic carbocycles. The van der Waals surface area contributed by atoms with Gasteiger partial charge in [-0.1, -0.05) is 124 Å². The monoisotopic (exact) mass is 682 g/mol. The number of hydrogen-bond donors (Lipinski definition) is 0. The number of benzene rings is 3. The van der Waals surface area contributed by atoms with Crippen LogP contribution in [0.15, 0.2) is 175 Å². The zero-order chi connectivity index (χ0) is 34.7. The third kappa shape index (κ3) is 11.3. The number of hydrogen-bond acceptors (Lipinski definition) is 4. The normalized spacial score (nSPS) is 13.8. The Morgan fingerprint density at radius 1 is 0.714 bits per heavy atom. The second-order valence-electron chi connectivity index (χ2n) is 11.2. The predicted molar refractivity (Wildman–Crippen MR) is 223 cm³/mol. The average Bonchev–Trinajstić information content (AvgIpc) is 3.51. The molecule has 1 aliphatic carbocycles. The summed E-state index contributed by atoms with van der Waals surface area (Å²) in [5, 5.41) is 0. The van der Waals surface area contributed by atoms with E-state index >= 15 is 0 Å². The average molecular weight is 683 g/mol. The maximum absolute atomic E-state index is 2.35. The Hall–Kier alpha value is -4.51. The van der Waals surface area contributed by atoms with Crippen molar-refractivity contribution in [3.05, 3.63) is 180 Å². The molecule has 1 aliphatic heterocycles. The van der Waals surface area contributed by atoms with Crippen molar-refractivity contribution < 1.29 is 0 Å². The van der Waals surface area contributed by atoms with Gasteiger partial charge in [-0.05, 0) is 86.0 Å². The van der Waals surface area contributed by atoms with Gasteiger partial charge in [-0.25, -0.2) is 0 Å². The third-order valence-corrected chi connectivity index (χ3v) is 10.1. The summed E-state index contributed by atoms with van der Waals surface area (Å²) in [6, 6.07) is 34.5. The molecule has 4 heteroatoms. The highest BCUT2D eigenvalue weighted by atomic mass is 32.2. The van der Waals surface area contributed by atoms with Crippen molar-refractivity contribution in [2.24, 2.45) is 0 Å². The molecular weight excluding hydrogens is 633 g/mol. The van der Waals surface area contributed by atoms with E-state index in [9.17, 15) is 0 Å². The van der Waals surface area contributed by atoms with Crippen LogP contribution in [0.1, 0.15) is 51.8 Å². The van der Waals surface area contributed by atoms with Crippen molar-refractivity contribution in [2.75, 3.05) is 22.6 Å². The Morgan fingerprint density at radius 3 is 2.14 bits per heavy atom. The van der Waals surface area contributed by atoms with E-state index in [1.54, 1.807) is 0 Å². The van der Waals surface area contributed by atoms with Crippen LogP contribution in [0, 0.1) is 0 Å². The molecule has 0 saturated heterocycles. The lowest BCUT2D eigenvalue weighted by atomic mass is 10.1. The standard InChI is InChI=1S/C29H29NS2.C14H15N.C2H6/c1-3-4-5-7-13-23(2)30(25-15-8-6-9-16-25)26-17-12-14-24(22-26)27-19-20-29(32-27)28-18-10-11-21-31-28;1-15(14-11-7-4-8-12-14)13-9-5-2-3-6-10-13;1-2/h4-6,8-20,22H,3,7,21H2,1-2H3;2-9,11-12H,10H2,1H3;1-2H3/b5-4-,23-13+;;. The van der Waals surface area contributed by atoms with Crippen LogP contribution in [0.5, 0.6) is 0 Å². The van der Waals surface area contributed by atoms with Gasteiger partial charge in [0, 0.05) is 62.3 Å². The smallest absolute Gasteiger partial charge is 0.0464 e. The number of rotatable bonds is 10. The van der Waals surface area contributed by atoms with E-state index in [2.05, 4.69) is 189 Å². The maximum Gasteiger partial charge on any atom is 0.0464 e. The third-order valence-electron chi connectivity index (χ3n) is 7.82. The maximum atomic E-state index is 2.35. The number of anilines is 3. The van der Waals surface area contributed by atoms with Gasteiger partial charge in [0.1, 0.15) is 0 Å². The minimum Gasteiger partial charge on any atom is -0.348 e. The van der Waals surface area contributed by atoms with Crippen LogP contribution in [0.3, 0.4) is 0 Å². The molecular formula is C45H50N2S2. The summed E-state index contributed by atoms with van der Waals surface area (Å²) >= 11 is 3.78. The number of allylic oxidation sites excluding steroid dienone is 11. The number of thioether (sulfide) groups is 1. The molecule has 49 heavy (non-hydrogen) atoms. The number of nitrogens with zero attached hydrogens (tertiary/aromatic N) is 2. The van der Waals surface area contributed by atoms with Gasteiger partial charge in [0.15, 0.2) is 0 Å². The van der Waals surface area contributed by atoms with Crippen LogP contribution in [0.2, 0.25) is 0 Å². The fraction of sp³-hybridized carbons (Fsp3) is 0.200. The van der Waals surface area contributed by atoms with Gasteiger partial charge in [-0.2, -0.15) is 0 Å². The Labute approximate surface area is 303 Å². The summed E-state index contributed by atoms with van der Waals surface area (Å²) in [7, 11) is 2.11. The second-order valence-corrected chi connectivity index (χ2v) is 13.3. The number of para-hydroxylation sites is 2. The zero-order valence-corrected chi connectivity index (χ0v) is 31.3. The summed E-state index contributed by atoms with van der Waals surface area (Å²) in [6.07, 6.45) is 26.9. The van der Waals surface area contributed by atoms with Crippen molar-refractivity contribution >= 4 is 45.1 Å². The fourth-order valence-electron chi connectivity index (χ4n) is 5.33. The van der Waals surface area contributed by atoms with E-state index in [1.165, 1.54) is 48.7 Å². The second kappa shape index (κ2) is 20.8. The summed E-state index contributed by atoms with van der Waals surface area (Å²) in [4.78, 5) is 8.59. The largest absolute Gasteiger partial charge is 0.348 e. The lowest BCUT2D eigenvalue weighted by molar-refractivity contribution is 1.03. The molecule has 0 N–H and O–H groups in total. The minimum atomic E-state index is 0.943. The molecule has 0 amide bonds. The van der Waals surface area contributed by atoms with Crippen LogP contribution in [-0.4, -0.2) is 12.8 Å². The molecule has 0 spiro atoms. The van der Waals surface area contributed by atoms with Crippen molar-refractivity contribution in [3.8, 4) is 10.4 Å². The highest BCUT2D eigenvalue weighted by Crippen LogP contribution is 2.40. The first-order valence-electron chi connectivity index (χ1n) is 17.3. The molecule has 6 rings (SSSR count). The Bertz CT molecular complexity index is 1790. The highest BCUT2D eigenvalue weighted by Gasteiger charge is 2.14. The molecule has 0 fully saturated rings. The quantitative estimate of drug-likeness (QED) is 0.154. The Morgan fingerprint density at radius 2 is 1.43 bits per heavy atom. The molecule has 1 aromatic heterocycles. The lowest BCUT2D eigenvalue weighted by Crippen LogP contribution is -2.15. The minimum absolute atomic E-state index is 0.943. The van der Waals surface area contributed by atoms with Crippen LogP contribution in [0.25, 0.3) is 15.3 Å². The van der Waals surface area contributed by atoms with Crippen LogP contribution in [0.4, 0.5) is 17.1 Å². The van der Waals surface area contributed by atoms with Gasteiger partial charge < -0.3 is 9.80 Å². The molecule has 252 valence electrons. The molecule has 2 heterocycles. The van der Waals surface area contributed by atoms with E-state index in [0.717, 1.165) is 25.0 Å². The summed E-state index contributed by atoms with van der Waals surface area (Å²) in [5.74, 6) is 1.06. The van der Waals surface area contributed by atoms with Crippen molar-refractivity contribution in [1.82, 2.24) is 0 Å². The van der Waals surface area contributed by atoms with Gasteiger partial charge in [0.25, 0.3) is 0 Å². The topological polar surface area (TPSA) is 6.48 Å². The Kier molecular flexibility index (Phi) is 15.8. The van der Waals surface area contributed by atoms with E-state index < -0.39 is 0 Å². The van der Waals surface area contributed by atoms with E-state index in [1.807, 2.05) is 43.0 Å². The zero-order valence-electron chi connectivity index (χ0n) is 29.6. The fourth-order valence-corrected chi connectivity index (χ4v) is 7.33. The lowest BCUT2D eigenvalue weighted by Gasteiger charge is -2.26. The Balaban J connectivity index is 0.000000265. The van der Waals surface area contributed by atoms with Crippen molar-refractivity contribution in [2.45, 2.75) is 47.0 Å². The molecule has 0 radical (unpaired) electrons. The van der Waals surface area contributed by atoms with E-state index in [0.29, 0.717) is 0 Å². The molecule has 0 unspecified atom stereocenters. The summed E-state index contributed by atoms with van der Waals surface area (Å²) in [5.41, 5.74) is 7.40. The highest BCUT2D eigenvalue weighted by molar-refractivity contribution is 8.08. The van der Waals surface area contributed by atoms with Gasteiger partial charge in [-0.3, -0.25) is 0 Å². The summed E-state index contributed by atoms with van der Waals surface area (Å²) < 4.78 is 0. The number of thiophene rings is 1. The first-order chi connectivity index (χ1) is 24.1. The first kappa shape index (κ1) is 37.3. The first-order valence-corrected chi connectivity index (χ1v) is 19.1. The van der Waals surface area contributed by atoms with Crippen LogP contribution in [-0.2, 0) is 0 Å². The van der Waals surface area contributed by atoms with Crippen LogP contribution < -0.4 is 9.80 Å². The van der Waals surface area contributed by atoms with Crippen LogP contribution >= 0.6 is 23.1 Å². The molecule has 2 nitrogen and oxygen atoms in total.